The molecule has 1 aromatic carbocycles. The van der Waals surface area contributed by atoms with Crippen LogP contribution in [0.5, 0.6) is 0 Å². The Hall–Kier alpha value is -2.59. The van der Waals surface area contributed by atoms with E-state index in [0.29, 0.717) is 10.7 Å². The number of amides is 1. The molecule has 0 aliphatic rings. The van der Waals surface area contributed by atoms with Crippen molar-refractivity contribution in [2.75, 3.05) is 5.32 Å². The number of rotatable bonds is 3. The molecule has 0 saturated carbocycles. The largest absolute Gasteiger partial charge is 0.435 e. The number of halogens is 7. The summed E-state index contributed by atoms with van der Waals surface area (Å²) in [6.45, 7) is 0.372. The Morgan fingerprint density at radius 1 is 1.12 bits per heavy atom. The van der Waals surface area contributed by atoms with Crippen LogP contribution in [0.2, 0.25) is 0 Å². The zero-order valence-corrected chi connectivity index (χ0v) is 11.8. The van der Waals surface area contributed by atoms with Gasteiger partial charge in [0.2, 0.25) is 5.91 Å². The molecule has 0 aliphatic heterocycles. The smallest absolute Gasteiger partial charge is 0.319 e. The van der Waals surface area contributed by atoms with Crippen molar-refractivity contribution in [1.29, 1.82) is 0 Å². The standard InChI is InChI=1S/C13H8F7N3O/c1-5-2-8(13(18,19)20)22-23(5)4-9(24)21-12-10(16)6(14)3-7(15)11(12)17/h2-3H,4H2,1H3,(H,21,24). The Balaban J connectivity index is 2.23. The number of nitrogens with one attached hydrogen (secondary N) is 1. The molecule has 130 valence electrons. The van der Waals surface area contributed by atoms with Crippen LogP contribution in [-0.4, -0.2) is 15.7 Å². The number of aryl methyl sites for hydroxylation is 1. The van der Waals surface area contributed by atoms with E-state index >= 15 is 0 Å². The molecule has 2 rings (SSSR count). The van der Waals surface area contributed by atoms with Gasteiger partial charge in [-0.3, -0.25) is 9.48 Å². The molecule has 0 aliphatic carbocycles. The highest BCUT2D eigenvalue weighted by molar-refractivity contribution is 5.90. The molecule has 0 radical (unpaired) electrons. The Morgan fingerprint density at radius 3 is 2.12 bits per heavy atom. The van der Waals surface area contributed by atoms with Crippen LogP contribution in [-0.2, 0) is 17.5 Å². The highest BCUT2D eigenvalue weighted by Crippen LogP contribution is 2.28. The van der Waals surface area contributed by atoms with Gasteiger partial charge in [-0.2, -0.15) is 18.3 Å². The van der Waals surface area contributed by atoms with E-state index in [0.717, 1.165) is 0 Å². The maximum Gasteiger partial charge on any atom is 0.435 e. The topological polar surface area (TPSA) is 46.9 Å². The zero-order chi connectivity index (χ0) is 18.2. The first kappa shape index (κ1) is 17.8. The number of benzene rings is 1. The van der Waals surface area contributed by atoms with Crippen molar-refractivity contribution in [3.8, 4) is 0 Å². The summed E-state index contributed by atoms with van der Waals surface area (Å²) >= 11 is 0. The van der Waals surface area contributed by atoms with Gasteiger partial charge in [-0.1, -0.05) is 0 Å². The summed E-state index contributed by atoms with van der Waals surface area (Å²) in [6, 6.07) is 0.615. The van der Waals surface area contributed by atoms with Gasteiger partial charge in [-0.05, 0) is 13.0 Å². The first-order valence-electron chi connectivity index (χ1n) is 6.25. The summed E-state index contributed by atoms with van der Waals surface area (Å²) < 4.78 is 91.0. The Morgan fingerprint density at radius 2 is 1.67 bits per heavy atom. The molecule has 1 N–H and O–H groups in total. The molecule has 2 aromatic rings. The molecule has 0 unspecified atom stereocenters. The van der Waals surface area contributed by atoms with Gasteiger partial charge in [-0.25, -0.2) is 17.6 Å². The fraction of sp³-hybridized carbons (Fsp3) is 0.231. The first-order chi connectivity index (χ1) is 11.0. The third-order valence-corrected chi connectivity index (χ3v) is 2.94. The van der Waals surface area contributed by atoms with Crippen molar-refractivity contribution >= 4 is 11.6 Å². The third-order valence-electron chi connectivity index (χ3n) is 2.94. The maximum absolute atomic E-state index is 13.4. The summed E-state index contributed by atoms with van der Waals surface area (Å²) in [7, 11) is 0. The van der Waals surface area contributed by atoms with Gasteiger partial charge in [0, 0.05) is 11.8 Å². The van der Waals surface area contributed by atoms with Gasteiger partial charge in [0.05, 0.1) is 0 Å². The lowest BCUT2D eigenvalue weighted by Gasteiger charge is -2.10. The van der Waals surface area contributed by atoms with Crippen LogP contribution in [0.15, 0.2) is 12.1 Å². The number of aromatic nitrogens is 2. The number of carbonyl (C=O) groups excluding carboxylic acids is 1. The number of hydrogen-bond acceptors (Lipinski definition) is 2. The third kappa shape index (κ3) is 3.49. The van der Waals surface area contributed by atoms with Gasteiger partial charge in [0.15, 0.2) is 29.0 Å². The molecule has 24 heavy (non-hydrogen) atoms. The van der Waals surface area contributed by atoms with E-state index in [4.69, 9.17) is 0 Å². The predicted octanol–water partition coefficient (Wildman–Crippen LogP) is 3.41. The summed E-state index contributed by atoms with van der Waals surface area (Å²) in [5.74, 6) is -8.37. The van der Waals surface area contributed by atoms with Crippen molar-refractivity contribution < 1.29 is 35.5 Å². The van der Waals surface area contributed by atoms with Crippen LogP contribution in [0.3, 0.4) is 0 Å². The lowest BCUT2D eigenvalue weighted by atomic mass is 10.2. The number of carbonyl (C=O) groups is 1. The second-order valence-electron chi connectivity index (χ2n) is 4.72. The van der Waals surface area contributed by atoms with Gasteiger partial charge in [-0.15, -0.1) is 0 Å². The van der Waals surface area contributed by atoms with Crippen molar-refractivity contribution in [1.82, 2.24) is 9.78 Å². The molecular weight excluding hydrogens is 347 g/mol. The zero-order valence-electron chi connectivity index (χ0n) is 11.8. The molecule has 0 saturated heterocycles. The second-order valence-corrected chi connectivity index (χ2v) is 4.72. The van der Waals surface area contributed by atoms with E-state index in [1.807, 2.05) is 0 Å². The van der Waals surface area contributed by atoms with E-state index < -0.39 is 53.3 Å². The Labute approximate surface area is 129 Å². The number of anilines is 1. The molecule has 1 aromatic heterocycles. The van der Waals surface area contributed by atoms with Crippen LogP contribution >= 0.6 is 0 Å². The highest BCUT2D eigenvalue weighted by Gasteiger charge is 2.34. The molecule has 4 nitrogen and oxygen atoms in total. The number of hydrogen-bond donors (Lipinski definition) is 1. The molecular formula is C13H8F7N3O. The summed E-state index contributed by atoms with van der Waals surface area (Å²) in [4.78, 5) is 11.7. The van der Waals surface area contributed by atoms with Crippen molar-refractivity contribution in [3.05, 3.63) is 46.8 Å². The van der Waals surface area contributed by atoms with Crippen LogP contribution in [0.25, 0.3) is 0 Å². The SMILES string of the molecule is Cc1cc(C(F)(F)F)nn1CC(=O)Nc1c(F)c(F)cc(F)c1F. The van der Waals surface area contributed by atoms with E-state index in [1.165, 1.54) is 6.92 Å². The normalized spacial score (nSPS) is 11.7. The van der Waals surface area contributed by atoms with E-state index in [1.54, 1.807) is 5.32 Å². The monoisotopic (exact) mass is 355 g/mol. The molecule has 11 heteroatoms. The molecule has 0 spiro atoms. The fourth-order valence-electron chi connectivity index (χ4n) is 1.81. The Kier molecular flexibility index (Phi) is 4.54. The maximum atomic E-state index is 13.4. The van der Waals surface area contributed by atoms with Crippen LogP contribution in [0, 0.1) is 30.2 Å². The van der Waals surface area contributed by atoms with E-state index in [9.17, 15) is 35.5 Å². The minimum atomic E-state index is -4.74. The van der Waals surface area contributed by atoms with Crippen molar-refractivity contribution in [2.45, 2.75) is 19.6 Å². The van der Waals surface area contributed by atoms with E-state index in [-0.39, 0.29) is 11.8 Å². The molecule has 0 fully saturated rings. The second kappa shape index (κ2) is 6.13. The lowest BCUT2D eigenvalue weighted by molar-refractivity contribution is -0.141. The fourth-order valence-corrected chi connectivity index (χ4v) is 1.81. The minimum Gasteiger partial charge on any atom is -0.319 e. The average Bonchev–Trinajstić information content (AvgIpc) is 2.83. The predicted molar refractivity (Wildman–Crippen MR) is 66.9 cm³/mol. The summed E-state index contributed by atoms with van der Waals surface area (Å²) in [5.41, 5.74) is -2.69. The molecule has 1 amide bonds. The van der Waals surface area contributed by atoms with Crippen LogP contribution < -0.4 is 5.32 Å². The summed E-state index contributed by atoms with van der Waals surface area (Å²) in [6.07, 6.45) is -4.74. The first-order valence-corrected chi connectivity index (χ1v) is 6.25. The molecule has 1 heterocycles. The quantitative estimate of drug-likeness (QED) is 0.678. The summed E-state index contributed by atoms with van der Waals surface area (Å²) in [5, 5.41) is 4.71. The lowest BCUT2D eigenvalue weighted by Crippen LogP contribution is -2.22. The van der Waals surface area contributed by atoms with Crippen molar-refractivity contribution in [3.63, 3.8) is 0 Å². The van der Waals surface area contributed by atoms with Gasteiger partial charge in [0.1, 0.15) is 12.2 Å². The number of alkyl halides is 3. The molecule has 0 bridgehead atoms. The number of nitrogens with zero attached hydrogens (tertiary/aromatic N) is 2. The van der Waals surface area contributed by atoms with Crippen LogP contribution in [0.4, 0.5) is 36.4 Å². The Bertz CT molecular complexity index is 772. The van der Waals surface area contributed by atoms with Gasteiger partial charge in [0.25, 0.3) is 0 Å². The van der Waals surface area contributed by atoms with Gasteiger partial charge >= 0.3 is 6.18 Å². The molecule has 0 atom stereocenters. The highest BCUT2D eigenvalue weighted by atomic mass is 19.4. The van der Waals surface area contributed by atoms with Crippen LogP contribution in [0.1, 0.15) is 11.4 Å². The average molecular weight is 355 g/mol. The minimum absolute atomic E-state index is 0.0480. The van der Waals surface area contributed by atoms with E-state index in [2.05, 4.69) is 5.10 Å². The van der Waals surface area contributed by atoms with Gasteiger partial charge < -0.3 is 5.32 Å². The van der Waals surface area contributed by atoms with Crippen molar-refractivity contribution in [2.24, 2.45) is 0 Å².